The molecule has 0 aliphatic rings. The minimum absolute atomic E-state index is 0.542. The molecule has 0 heterocycles. The van der Waals surface area contributed by atoms with Gasteiger partial charge in [0.05, 0.1) is 0 Å². The van der Waals surface area contributed by atoms with Crippen LogP contribution in [0.5, 0.6) is 0 Å². The summed E-state index contributed by atoms with van der Waals surface area (Å²) in [5.74, 6) is 0.542. The molecule has 0 spiro atoms. The van der Waals surface area contributed by atoms with E-state index < -0.39 is 0 Å². The highest BCUT2D eigenvalue weighted by molar-refractivity contribution is 6.19. The number of hydrogen-bond donors (Lipinski definition) is 0. The normalized spacial score (nSPS) is 10.4. The van der Waals surface area contributed by atoms with Gasteiger partial charge in [-0.15, -0.1) is 11.6 Å². The van der Waals surface area contributed by atoms with Crippen molar-refractivity contribution < 1.29 is 0 Å². The van der Waals surface area contributed by atoms with Crippen LogP contribution in [0.3, 0.4) is 0 Å². The van der Waals surface area contributed by atoms with Crippen molar-refractivity contribution in [3.8, 4) is 0 Å². The van der Waals surface area contributed by atoms with Gasteiger partial charge < -0.3 is 0 Å². The summed E-state index contributed by atoms with van der Waals surface area (Å²) in [4.78, 5) is 0. The fourth-order valence-electron chi connectivity index (χ4n) is 0.461. The Morgan fingerprint density at radius 2 is 2.33 bits per heavy atom. The third kappa shape index (κ3) is 5.64. The van der Waals surface area contributed by atoms with E-state index in [-0.39, 0.29) is 0 Å². The third-order valence-corrected chi connectivity index (χ3v) is 1.32. The van der Waals surface area contributed by atoms with Gasteiger partial charge in [-0.25, -0.2) is 0 Å². The Hall–Kier alpha value is -0.230. The van der Waals surface area contributed by atoms with Crippen LogP contribution in [0.25, 0.3) is 0 Å². The van der Waals surface area contributed by atoms with E-state index in [0.29, 0.717) is 5.88 Å². The van der Waals surface area contributed by atoms with Crippen molar-refractivity contribution in [3.05, 3.63) is 24.3 Å². The van der Waals surface area contributed by atoms with Gasteiger partial charge in [0.1, 0.15) is 0 Å². The van der Waals surface area contributed by atoms with E-state index >= 15 is 0 Å². The Kier molecular flexibility index (Phi) is 5.75. The van der Waals surface area contributed by atoms with Crippen LogP contribution in [0.1, 0.15) is 19.8 Å². The van der Waals surface area contributed by atoms with Crippen LogP contribution in [-0.2, 0) is 0 Å². The topological polar surface area (TPSA) is 0 Å². The van der Waals surface area contributed by atoms with Crippen LogP contribution in [0, 0.1) is 0 Å². The zero-order valence-corrected chi connectivity index (χ0v) is 6.62. The van der Waals surface area contributed by atoms with Gasteiger partial charge in [-0.3, -0.25) is 0 Å². The molecule has 0 bridgehead atoms. The Morgan fingerprint density at radius 1 is 1.67 bits per heavy atom. The minimum Gasteiger partial charge on any atom is -0.122 e. The molecule has 0 amide bonds. The fourth-order valence-corrected chi connectivity index (χ4v) is 0.550. The summed E-state index contributed by atoms with van der Waals surface area (Å²) < 4.78 is 0. The van der Waals surface area contributed by atoms with E-state index in [0.717, 1.165) is 12.0 Å². The Bertz CT molecular complexity index is 103. The highest BCUT2D eigenvalue weighted by atomic mass is 35.5. The van der Waals surface area contributed by atoms with Crippen LogP contribution in [-0.4, -0.2) is 5.88 Å². The van der Waals surface area contributed by atoms with Crippen LogP contribution in [0.2, 0.25) is 0 Å². The second-order valence-electron chi connectivity index (χ2n) is 1.98. The van der Waals surface area contributed by atoms with Gasteiger partial charge in [0.25, 0.3) is 0 Å². The van der Waals surface area contributed by atoms with Crippen molar-refractivity contribution in [2.45, 2.75) is 19.8 Å². The lowest BCUT2D eigenvalue weighted by atomic mass is 10.2. The van der Waals surface area contributed by atoms with Crippen LogP contribution in [0.15, 0.2) is 24.3 Å². The molecule has 0 saturated heterocycles. The molecule has 1 heteroatoms. The summed E-state index contributed by atoms with van der Waals surface area (Å²) in [6, 6.07) is 0. The summed E-state index contributed by atoms with van der Waals surface area (Å²) in [5.41, 5.74) is 0.991. The predicted molar refractivity (Wildman–Crippen MR) is 43.9 cm³/mol. The van der Waals surface area contributed by atoms with Gasteiger partial charge >= 0.3 is 0 Å². The standard InChI is InChI=1S/C8H13Cl/c1-3-4-5-6-8(2)7-9/h5-6H,2-4,7H2,1H3/b6-5-. The van der Waals surface area contributed by atoms with E-state index in [1.54, 1.807) is 0 Å². The molecule has 0 aromatic heterocycles. The lowest BCUT2D eigenvalue weighted by Gasteiger charge is -1.88. The molecule has 0 unspecified atom stereocenters. The zero-order chi connectivity index (χ0) is 7.11. The summed E-state index contributed by atoms with van der Waals surface area (Å²) in [5, 5.41) is 0. The minimum atomic E-state index is 0.542. The zero-order valence-electron chi connectivity index (χ0n) is 5.86. The summed E-state index contributed by atoms with van der Waals surface area (Å²) in [7, 11) is 0. The molecule has 0 aromatic rings. The summed E-state index contributed by atoms with van der Waals surface area (Å²) >= 11 is 5.48. The SMILES string of the molecule is C=C(/C=C\CCC)CCl. The smallest absolute Gasteiger partial charge is 0.0468 e. The van der Waals surface area contributed by atoms with Gasteiger partial charge in [-0.2, -0.15) is 0 Å². The van der Waals surface area contributed by atoms with Crippen molar-refractivity contribution in [2.24, 2.45) is 0 Å². The van der Waals surface area contributed by atoms with Crippen LogP contribution >= 0.6 is 11.6 Å². The van der Waals surface area contributed by atoms with Gasteiger partial charge in [0, 0.05) is 5.88 Å². The summed E-state index contributed by atoms with van der Waals surface area (Å²) in [6.07, 6.45) is 6.39. The van der Waals surface area contributed by atoms with Gasteiger partial charge in [-0.05, 0) is 12.0 Å². The lowest BCUT2D eigenvalue weighted by Crippen LogP contribution is -1.73. The molecule has 0 aliphatic heterocycles. The molecule has 0 aliphatic carbocycles. The monoisotopic (exact) mass is 144 g/mol. The van der Waals surface area contributed by atoms with Gasteiger partial charge in [0.2, 0.25) is 0 Å². The first-order chi connectivity index (χ1) is 4.31. The maximum Gasteiger partial charge on any atom is 0.0468 e. The van der Waals surface area contributed by atoms with E-state index in [4.69, 9.17) is 11.6 Å². The summed E-state index contributed by atoms with van der Waals surface area (Å²) in [6.45, 7) is 5.87. The van der Waals surface area contributed by atoms with E-state index in [2.05, 4.69) is 19.6 Å². The maximum atomic E-state index is 5.48. The molecule has 0 fully saturated rings. The molecule has 0 aromatic carbocycles. The fraction of sp³-hybridized carbons (Fsp3) is 0.500. The molecule has 0 saturated carbocycles. The molecule has 52 valence electrons. The molecule has 0 radical (unpaired) electrons. The first kappa shape index (κ1) is 8.77. The van der Waals surface area contributed by atoms with Crippen molar-refractivity contribution in [1.82, 2.24) is 0 Å². The van der Waals surface area contributed by atoms with Gasteiger partial charge in [-0.1, -0.05) is 32.1 Å². The average Bonchev–Trinajstić information content (AvgIpc) is 1.89. The third-order valence-electron chi connectivity index (χ3n) is 0.981. The number of allylic oxidation sites excluding steroid dienone is 3. The quantitative estimate of drug-likeness (QED) is 0.420. The molecule has 0 rings (SSSR count). The second kappa shape index (κ2) is 5.90. The molecule has 0 nitrogen and oxygen atoms in total. The van der Waals surface area contributed by atoms with Crippen molar-refractivity contribution in [1.29, 1.82) is 0 Å². The second-order valence-corrected chi connectivity index (χ2v) is 2.25. The number of rotatable bonds is 4. The predicted octanol–water partition coefficient (Wildman–Crippen LogP) is 3.14. The van der Waals surface area contributed by atoms with Crippen molar-refractivity contribution >= 4 is 11.6 Å². The Morgan fingerprint density at radius 3 is 2.78 bits per heavy atom. The molecule has 0 N–H and O–H groups in total. The first-order valence-corrected chi connectivity index (χ1v) is 3.75. The number of alkyl halides is 1. The average molecular weight is 145 g/mol. The van der Waals surface area contributed by atoms with E-state index in [1.165, 1.54) is 6.42 Å². The molecule has 9 heavy (non-hydrogen) atoms. The largest absolute Gasteiger partial charge is 0.122 e. The van der Waals surface area contributed by atoms with E-state index in [1.807, 2.05) is 6.08 Å². The number of hydrogen-bond acceptors (Lipinski definition) is 0. The molecular formula is C8H13Cl. The molecule has 0 atom stereocenters. The number of unbranched alkanes of at least 4 members (excludes halogenated alkanes) is 1. The first-order valence-electron chi connectivity index (χ1n) is 3.21. The molecular weight excluding hydrogens is 132 g/mol. The lowest BCUT2D eigenvalue weighted by molar-refractivity contribution is 0.958. The van der Waals surface area contributed by atoms with E-state index in [9.17, 15) is 0 Å². The Labute approximate surface area is 62.2 Å². The maximum absolute atomic E-state index is 5.48. The van der Waals surface area contributed by atoms with Crippen molar-refractivity contribution in [3.63, 3.8) is 0 Å². The van der Waals surface area contributed by atoms with Crippen molar-refractivity contribution in [2.75, 3.05) is 5.88 Å². The van der Waals surface area contributed by atoms with Gasteiger partial charge in [0.15, 0.2) is 0 Å². The van der Waals surface area contributed by atoms with Crippen LogP contribution in [0.4, 0.5) is 0 Å². The Balaban J connectivity index is 3.32. The van der Waals surface area contributed by atoms with Crippen LogP contribution < -0.4 is 0 Å². The number of halogens is 1. The highest BCUT2D eigenvalue weighted by Gasteiger charge is 1.80. The highest BCUT2D eigenvalue weighted by Crippen LogP contribution is 1.97.